The fourth-order valence-electron chi connectivity index (χ4n) is 2.43. The van der Waals surface area contributed by atoms with Crippen LogP contribution in [0, 0.1) is 0 Å². The van der Waals surface area contributed by atoms with E-state index in [-0.39, 0.29) is 12.2 Å². The molecular weight excluding hydrogens is 318 g/mol. The minimum atomic E-state index is -0.303. The first-order valence-corrected chi connectivity index (χ1v) is 9.54. The Morgan fingerprint density at radius 1 is 1.55 bits per heavy atom. The van der Waals surface area contributed by atoms with Crippen LogP contribution >= 0.6 is 23.1 Å². The van der Waals surface area contributed by atoms with Gasteiger partial charge in [-0.2, -0.15) is 0 Å². The monoisotopic (exact) mass is 339 g/mol. The number of aliphatic hydroxyl groups excluding tert-OH is 1. The van der Waals surface area contributed by atoms with E-state index in [1.54, 1.807) is 23.1 Å². The average Bonchev–Trinajstić information content (AvgIpc) is 3.27. The summed E-state index contributed by atoms with van der Waals surface area (Å²) >= 11 is 3.24. The summed E-state index contributed by atoms with van der Waals surface area (Å²) in [6, 6.07) is 4.09. The summed E-state index contributed by atoms with van der Waals surface area (Å²) in [6.45, 7) is 3.61. The zero-order chi connectivity index (χ0) is 15.4. The number of ether oxygens (including phenoxy) is 1. The molecule has 1 aliphatic heterocycles. The van der Waals surface area contributed by atoms with Crippen LogP contribution in [0.4, 0.5) is 0 Å². The maximum absolute atomic E-state index is 9.78. The van der Waals surface area contributed by atoms with E-state index in [0.29, 0.717) is 5.75 Å². The Kier molecular flexibility index (Phi) is 5.51. The lowest BCUT2D eigenvalue weighted by Gasteiger charge is -2.14. The van der Waals surface area contributed by atoms with Gasteiger partial charge in [-0.3, -0.25) is 4.57 Å². The number of nitrogens with zero attached hydrogens (tertiary/aromatic N) is 3. The van der Waals surface area contributed by atoms with Crippen LogP contribution in [-0.4, -0.2) is 44.4 Å². The van der Waals surface area contributed by atoms with E-state index in [4.69, 9.17) is 4.74 Å². The third-order valence-corrected chi connectivity index (χ3v) is 5.72. The van der Waals surface area contributed by atoms with E-state index in [9.17, 15) is 5.11 Å². The van der Waals surface area contributed by atoms with Crippen molar-refractivity contribution in [2.24, 2.45) is 0 Å². The van der Waals surface area contributed by atoms with Gasteiger partial charge in [-0.15, -0.1) is 21.5 Å². The molecule has 5 nitrogen and oxygen atoms in total. The van der Waals surface area contributed by atoms with Gasteiger partial charge >= 0.3 is 0 Å². The molecule has 1 saturated heterocycles. The third kappa shape index (κ3) is 3.71. The van der Waals surface area contributed by atoms with Crippen molar-refractivity contribution in [2.75, 3.05) is 12.4 Å². The van der Waals surface area contributed by atoms with Crippen LogP contribution in [0.25, 0.3) is 10.7 Å². The van der Waals surface area contributed by atoms with Gasteiger partial charge in [0.05, 0.1) is 23.6 Å². The zero-order valence-electron chi connectivity index (χ0n) is 12.6. The lowest BCUT2D eigenvalue weighted by molar-refractivity contribution is 0.0953. The van der Waals surface area contributed by atoms with Crippen molar-refractivity contribution in [3.05, 3.63) is 17.5 Å². The number of aromatic nitrogens is 3. The molecule has 2 aromatic heterocycles. The molecular formula is C15H21N3O2S2. The van der Waals surface area contributed by atoms with E-state index in [1.165, 1.54) is 0 Å². The molecule has 2 aromatic rings. The van der Waals surface area contributed by atoms with Crippen molar-refractivity contribution in [1.29, 1.82) is 0 Å². The Balaban J connectivity index is 1.81. The van der Waals surface area contributed by atoms with Gasteiger partial charge in [0.1, 0.15) is 0 Å². The summed E-state index contributed by atoms with van der Waals surface area (Å²) in [6.07, 6.45) is 2.90. The number of thioether (sulfide) groups is 1. The summed E-state index contributed by atoms with van der Waals surface area (Å²) in [5.41, 5.74) is 0. The number of hydrogen-bond donors (Lipinski definition) is 1. The van der Waals surface area contributed by atoms with Gasteiger partial charge in [0, 0.05) is 12.4 Å². The van der Waals surface area contributed by atoms with Crippen LogP contribution in [0.3, 0.4) is 0 Å². The van der Waals surface area contributed by atoms with Crippen LogP contribution in [0.1, 0.15) is 26.2 Å². The minimum Gasteiger partial charge on any atom is -0.392 e. The molecule has 2 atom stereocenters. The molecule has 0 radical (unpaired) electrons. The van der Waals surface area contributed by atoms with Crippen LogP contribution in [-0.2, 0) is 11.3 Å². The Morgan fingerprint density at radius 3 is 3.14 bits per heavy atom. The molecule has 0 amide bonds. The van der Waals surface area contributed by atoms with Gasteiger partial charge in [0.25, 0.3) is 0 Å². The maximum atomic E-state index is 9.78. The standard InChI is InChI=1S/C15H21N3O2S2/c1-2-11(19)10-22-15-17-16-14(13-6-4-8-21-13)18(15)9-12-5-3-7-20-12/h4,6,8,11-12,19H,2-3,5,7,9-10H2,1H3/t11-,12-/m0/s1. The molecule has 3 rings (SSSR count). The van der Waals surface area contributed by atoms with Gasteiger partial charge in [0.15, 0.2) is 11.0 Å². The molecule has 1 fully saturated rings. The second-order valence-electron chi connectivity index (χ2n) is 5.40. The van der Waals surface area contributed by atoms with Crippen molar-refractivity contribution in [3.8, 4) is 10.7 Å². The Bertz CT molecular complexity index is 580. The van der Waals surface area contributed by atoms with E-state index >= 15 is 0 Å². The fourth-order valence-corrected chi connectivity index (χ4v) is 4.14. The van der Waals surface area contributed by atoms with E-state index in [1.807, 2.05) is 18.4 Å². The van der Waals surface area contributed by atoms with E-state index in [2.05, 4.69) is 20.8 Å². The smallest absolute Gasteiger partial charge is 0.191 e. The molecule has 0 unspecified atom stereocenters. The van der Waals surface area contributed by atoms with Gasteiger partial charge in [-0.1, -0.05) is 24.8 Å². The van der Waals surface area contributed by atoms with Gasteiger partial charge < -0.3 is 9.84 Å². The molecule has 3 heterocycles. The number of aliphatic hydroxyl groups is 1. The highest BCUT2D eigenvalue weighted by Gasteiger charge is 2.22. The molecule has 22 heavy (non-hydrogen) atoms. The van der Waals surface area contributed by atoms with E-state index < -0.39 is 0 Å². The molecule has 0 spiro atoms. The number of rotatable bonds is 7. The normalized spacial score (nSPS) is 19.6. The largest absolute Gasteiger partial charge is 0.392 e. The maximum Gasteiger partial charge on any atom is 0.191 e. The molecule has 0 aromatic carbocycles. The van der Waals surface area contributed by atoms with Crippen molar-refractivity contribution in [1.82, 2.24) is 14.8 Å². The van der Waals surface area contributed by atoms with Gasteiger partial charge in [-0.25, -0.2) is 0 Å². The molecule has 0 saturated carbocycles. The second-order valence-corrected chi connectivity index (χ2v) is 7.34. The third-order valence-electron chi connectivity index (χ3n) is 3.74. The molecule has 1 aliphatic rings. The van der Waals surface area contributed by atoms with Crippen LogP contribution in [0.5, 0.6) is 0 Å². The lowest BCUT2D eigenvalue weighted by atomic mass is 10.2. The molecule has 120 valence electrons. The van der Waals surface area contributed by atoms with Crippen LogP contribution in [0.15, 0.2) is 22.7 Å². The predicted molar refractivity (Wildman–Crippen MR) is 89.3 cm³/mol. The van der Waals surface area contributed by atoms with Crippen molar-refractivity contribution >= 4 is 23.1 Å². The van der Waals surface area contributed by atoms with E-state index in [0.717, 1.165) is 48.3 Å². The zero-order valence-corrected chi connectivity index (χ0v) is 14.3. The Hall–Kier alpha value is -0.890. The topological polar surface area (TPSA) is 60.2 Å². The summed E-state index contributed by atoms with van der Waals surface area (Å²) in [5.74, 6) is 1.55. The van der Waals surface area contributed by atoms with Crippen molar-refractivity contribution < 1.29 is 9.84 Å². The first-order valence-electron chi connectivity index (χ1n) is 7.67. The minimum absolute atomic E-state index is 0.241. The first kappa shape index (κ1) is 16.0. The van der Waals surface area contributed by atoms with Gasteiger partial charge in [-0.05, 0) is 30.7 Å². The molecule has 0 bridgehead atoms. The van der Waals surface area contributed by atoms with Crippen molar-refractivity contribution in [3.63, 3.8) is 0 Å². The van der Waals surface area contributed by atoms with Crippen LogP contribution < -0.4 is 0 Å². The highest BCUT2D eigenvalue weighted by Crippen LogP contribution is 2.29. The Labute approximate surface area is 138 Å². The first-order chi connectivity index (χ1) is 10.8. The summed E-state index contributed by atoms with van der Waals surface area (Å²) < 4.78 is 7.92. The van der Waals surface area contributed by atoms with Crippen molar-refractivity contribution in [2.45, 2.75) is 50.1 Å². The SMILES string of the molecule is CC[C@H](O)CSc1nnc(-c2cccs2)n1C[C@@H]1CCCO1. The average molecular weight is 339 g/mol. The molecule has 1 N–H and O–H groups in total. The second kappa shape index (κ2) is 7.59. The predicted octanol–water partition coefficient (Wildman–Crippen LogP) is 3.05. The lowest BCUT2D eigenvalue weighted by Crippen LogP contribution is -2.17. The van der Waals surface area contributed by atoms with Crippen LogP contribution in [0.2, 0.25) is 0 Å². The van der Waals surface area contributed by atoms with Gasteiger partial charge in [0.2, 0.25) is 0 Å². The number of thiophene rings is 1. The fraction of sp³-hybridized carbons (Fsp3) is 0.600. The Morgan fingerprint density at radius 2 is 2.45 bits per heavy atom. The highest BCUT2D eigenvalue weighted by atomic mass is 32.2. The molecule has 0 aliphatic carbocycles. The summed E-state index contributed by atoms with van der Waals surface area (Å²) in [4.78, 5) is 1.12. The number of hydrogen-bond acceptors (Lipinski definition) is 6. The summed E-state index contributed by atoms with van der Waals surface area (Å²) in [7, 11) is 0. The molecule has 7 heteroatoms. The quantitative estimate of drug-likeness (QED) is 0.786. The highest BCUT2D eigenvalue weighted by molar-refractivity contribution is 7.99. The summed E-state index contributed by atoms with van der Waals surface area (Å²) in [5, 5.41) is 21.4.